The number of imidazole rings is 1. The Morgan fingerprint density at radius 1 is 1.42 bits per heavy atom. The van der Waals surface area contributed by atoms with Gasteiger partial charge in [-0.3, -0.25) is 4.79 Å². The second kappa shape index (κ2) is 6.88. The molecule has 19 heavy (non-hydrogen) atoms. The number of aromatic nitrogens is 2. The van der Waals surface area contributed by atoms with Gasteiger partial charge in [0, 0.05) is 24.9 Å². The van der Waals surface area contributed by atoms with Crippen LogP contribution in [0.15, 0.2) is 12.4 Å². The van der Waals surface area contributed by atoms with Crippen LogP contribution in [0.1, 0.15) is 58.2 Å². The zero-order valence-electron chi connectivity index (χ0n) is 12.3. The van der Waals surface area contributed by atoms with Gasteiger partial charge >= 0.3 is 0 Å². The van der Waals surface area contributed by atoms with E-state index < -0.39 is 0 Å². The van der Waals surface area contributed by atoms with Crippen LogP contribution in [0.3, 0.4) is 0 Å². The van der Waals surface area contributed by atoms with Crippen LogP contribution in [0.5, 0.6) is 0 Å². The summed E-state index contributed by atoms with van der Waals surface area (Å²) in [7, 11) is 0. The number of hydrogen-bond donors (Lipinski definition) is 0. The fraction of sp³-hybridized carbons (Fsp3) is 0.750. The number of nitrogens with zero attached hydrogens (tertiary/aromatic N) is 2. The van der Waals surface area contributed by atoms with Crippen molar-refractivity contribution in [1.29, 1.82) is 0 Å². The van der Waals surface area contributed by atoms with Crippen molar-refractivity contribution in [2.45, 2.75) is 65.3 Å². The Kier molecular flexibility index (Phi) is 5.17. The minimum Gasteiger partial charge on any atom is -0.335 e. The molecule has 0 radical (unpaired) electrons. The Hall–Kier alpha value is -1.12. The SMILES string of the molecule is CCCn1ccnc1CC(=O)C1CCCC(CC)C1. The summed E-state index contributed by atoms with van der Waals surface area (Å²) in [6, 6.07) is 0. The molecular weight excluding hydrogens is 236 g/mol. The second-order valence-electron chi connectivity index (χ2n) is 5.82. The molecule has 1 aliphatic carbocycles. The van der Waals surface area contributed by atoms with Gasteiger partial charge in [-0.1, -0.05) is 33.1 Å². The fourth-order valence-electron chi connectivity index (χ4n) is 3.21. The molecule has 0 aliphatic heterocycles. The van der Waals surface area contributed by atoms with Crippen LogP contribution in [0.2, 0.25) is 0 Å². The Morgan fingerprint density at radius 3 is 3.00 bits per heavy atom. The van der Waals surface area contributed by atoms with Gasteiger partial charge in [0.2, 0.25) is 0 Å². The average Bonchev–Trinajstić information content (AvgIpc) is 2.86. The minimum atomic E-state index is 0.283. The Bertz CT molecular complexity index is 411. The van der Waals surface area contributed by atoms with E-state index in [2.05, 4.69) is 23.4 Å². The molecule has 1 fully saturated rings. The van der Waals surface area contributed by atoms with Crippen LogP contribution in [-0.4, -0.2) is 15.3 Å². The Labute approximate surface area is 116 Å². The highest BCUT2D eigenvalue weighted by atomic mass is 16.1. The minimum absolute atomic E-state index is 0.283. The highest BCUT2D eigenvalue weighted by Gasteiger charge is 2.26. The molecule has 1 heterocycles. The molecule has 2 atom stereocenters. The van der Waals surface area contributed by atoms with Crippen LogP contribution >= 0.6 is 0 Å². The maximum atomic E-state index is 12.4. The van der Waals surface area contributed by atoms with Gasteiger partial charge in [0.25, 0.3) is 0 Å². The van der Waals surface area contributed by atoms with Gasteiger partial charge in [0.05, 0.1) is 6.42 Å². The van der Waals surface area contributed by atoms with Crippen LogP contribution in [-0.2, 0) is 17.8 Å². The van der Waals surface area contributed by atoms with Crippen molar-refractivity contribution < 1.29 is 4.79 Å². The molecule has 0 N–H and O–H groups in total. The highest BCUT2D eigenvalue weighted by molar-refractivity contribution is 5.82. The van der Waals surface area contributed by atoms with Crippen LogP contribution in [0.25, 0.3) is 0 Å². The van der Waals surface area contributed by atoms with E-state index in [4.69, 9.17) is 0 Å². The van der Waals surface area contributed by atoms with Gasteiger partial charge in [-0.15, -0.1) is 0 Å². The predicted molar refractivity (Wildman–Crippen MR) is 77.0 cm³/mol. The summed E-state index contributed by atoms with van der Waals surface area (Å²) in [6.45, 7) is 5.36. The van der Waals surface area contributed by atoms with E-state index in [0.717, 1.165) is 37.5 Å². The van der Waals surface area contributed by atoms with Crippen molar-refractivity contribution >= 4 is 5.78 Å². The van der Waals surface area contributed by atoms with Crippen LogP contribution in [0, 0.1) is 11.8 Å². The zero-order valence-corrected chi connectivity index (χ0v) is 12.3. The van der Waals surface area contributed by atoms with E-state index in [1.165, 1.54) is 19.3 Å². The maximum Gasteiger partial charge on any atom is 0.143 e. The third-order valence-electron chi connectivity index (χ3n) is 4.41. The van der Waals surface area contributed by atoms with Crippen molar-refractivity contribution in [3.05, 3.63) is 18.2 Å². The van der Waals surface area contributed by atoms with E-state index in [1.807, 2.05) is 12.4 Å². The number of carbonyl (C=O) groups excluding carboxylic acids is 1. The molecule has 2 unspecified atom stereocenters. The summed E-state index contributed by atoms with van der Waals surface area (Å²) >= 11 is 0. The maximum absolute atomic E-state index is 12.4. The van der Waals surface area contributed by atoms with Crippen molar-refractivity contribution in [2.75, 3.05) is 0 Å². The molecule has 2 rings (SSSR count). The van der Waals surface area contributed by atoms with Crippen molar-refractivity contribution in [3.8, 4) is 0 Å². The normalized spacial score (nSPS) is 23.5. The lowest BCUT2D eigenvalue weighted by molar-refractivity contribution is -0.123. The van der Waals surface area contributed by atoms with Crippen molar-refractivity contribution in [2.24, 2.45) is 11.8 Å². The highest BCUT2D eigenvalue weighted by Crippen LogP contribution is 2.32. The number of Topliss-reactive ketones (excluding diaryl/α,β-unsaturated/α-hetero) is 1. The number of rotatable bonds is 6. The smallest absolute Gasteiger partial charge is 0.143 e. The summed E-state index contributed by atoms with van der Waals surface area (Å²) in [5.74, 6) is 2.40. The zero-order chi connectivity index (χ0) is 13.7. The summed E-state index contributed by atoms with van der Waals surface area (Å²) in [4.78, 5) is 16.8. The quantitative estimate of drug-likeness (QED) is 0.784. The summed E-state index contributed by atoms with van der Waals surface area (Å²) in [5.41, 5.74) is 0. The van der Waals surface area contributed by atoms with E-state index >= 15 is 0 Å². The molecule has 3 heteroatoms. The first-order valence-corrected chi connectivity index (χ1v) is 7.77. The van der Waals surface area contributed by atoms with Gasteiger partial charge in [-0.2, -0.15) is 0 Å². The molecule has 106 valence electrons. The van der Waals surface area contributed by atoms with Gasteiger partial charge < -0.3 is 4.57 Å². The molecule has 0 aromatic carbocycles. The molecular formula is C16H26N2O. The predicted octanol–water partition coefficient (Wildman–Crippen LogP) is 3.62. The van der Waals surface area contributed by atoms with Gasteiger partial charge in [-0.25, -0.2) is 4.98 Å². The molecule has 0 spiro atoms. The molecule has 0 amide bonds. The lowest BCUT2D eigenvalue weighted by atomic mass is 9.77. The van der Waals surface area contributed by atoms with Gasteiger partial charge in [0.15, 0.2) is 0 Å². The van der Waals surface area contributed by atoms with E-state index in [0.29, 0.717) is 12.2 Å². The fourth-order valence-corrected chi connectivity index (χ4v) is 3.21. The van der Waals surface area contributed by atoms with E-state index in [9.17, 15) is 4.79 Å². The number of ketones is 1. The summed E-state index contributed by atoms with van der Waals surface area (Å²) in [5, 5.41) is 0. The van der Waals surface area contributed by atoms with Crippen LogP contribution in [0.4, 0.5) is 0 Å². The molecule has 0 bridgehead atoms. The molecule has 1 aromatic heterocycles. The summed E-state index contributed by atoms with van der Waals surface area (Å²) < 4.78 is 2.12. The second-order valence-corrected chi connectivity index (χ2v) is 5.82. The number of aryl methyl sites for hydroxylation is 1. The molecule has 0 saturated heterocycles. The topological polar surface area (TPSA) is 34.9 Å². The van der Waals surface area contributed by atoms with Crippen LogP contribution < -0.4 is 0 Å². The monoisotopic (exact) mass is 262 g/mol. The van der Waals surface area contributed by atoms with Gasteiger partial charge in [-0.05, 0) is 25.2 Å². The van der Waals surface area contributed by atoms with Crippen molar-refractivity contribution in [3.63, 3.8) is 0 Å². The number of hydrogen-bond acceptors (Lipinski definition) is 2. The largest absolute Gasteiger partial charge is 0.335 e. The lowest BCUT2D eigenvalue weighted by Gasteiger charge is -2.27. The Morgan fingerprint density at radius 2 is 2.26 bits per heavy atom. The van der Waals surface area contributed by atoms with E-state index in [1.54, 1.807) is 0 Å². The molecule has 3 nitrogen and oxygen atoms in total. The first-order valence-electron chi connectivity index (χ1n) is 7.77. The van der Waals surface area contributed by atoms with E-state index in [-0.39, 0.29) is 5.92 Å². The third-order valence-corrected chi connectivity index (χ3v) is 4.41. The molecule has 1 aromatic rings. The lowest BCUT2D eigenvalue weighted by Crippen LogP contribution is -2.25. The Balaban J connectivity index is 1.94. The first kappa shape index (κ1) is 14.3. The molecule has 1 saturated carbocycles. The third kappa shape index (κ3) is 3.68. The van der Waals surface area contributed by atoms with Crippen molar-refractivity contribution in [1.82, 2.24) is 9.55 Å². The molecule has 1 aliphatic rings. The number of carbonyl (C=O) groups is 1. The summed E-state index contributed by atoms with van der Waals surface area (Å²) in [6.07, 6.45) is 11.3. The standard InChI is InChI=1S/C16H26N2O/c1-3-9-18-10-8-17-16(18)12-15(19)14-7-5-6-13(4-2)11-14/h8,10,13-14H,3-7,9,11-12H2,1-2H3. The van der Waals surface area contributed by atoms with Gasteiger partial charge in [0.1, 0.15) is 11.6 Å². The first-order chi connectivity index (χ1) is 9.24. The average molecular weight is 262 g/mol.